The molecule has 0 heterocycles. The molecule has 120 valence electrons. The highest BCUT2D eigenvalue weighted by Gasteiger charge is 2.29. The standard InChI is InChI=1S/C15H18BrNO5/c1-3-22-12(18)7-9(2)13(15(20)21)17-14(19)10-5-4-6-11(16)8-10/h4-6,8-9,13H,3,7H2,1-2H3,(H,17,19)(H,20,21)/t9-,13+/m0/s1. The van der Waals surface area contributed by atoms with Crippen LogP contribution in [-0.2, 0) is 14.3 Å². The van der Waals surface area contributed by atoms with Gasteiger partial charge >= 0.3 is 11.9 Å². The summed E-state index contributed by atoms with van der Waals surface area (Å²) in [7, 11) is 0. The molecule has 0 radical (unpaired) electrons. The molecular weight excluding hydrogens is 354 g/mol. The van der Waals surface area contributed by atoms with Crippen molar-refractivity contribution in [3.8, 4) is 0 Å². The molecule has 0 aliphatic heterocycles. The van der Waals surface area contributed by atoms with Crippen molar-refractivity contribution in [1.82, 2.24) is 5.32 Å². The molecule has 0 fully saturated rings. The Labute approximate surface area is 137 Å². The van der Waals surface area contributed by atoms with Crippen molar-refractivity contribution in [2.75, 3.05) is 6.61 Å². The lowest BCUT2D eigenvalue weighted by molar-refractivity contribution is -0.145. The second-order valence-electron chi connectivity index (χ2n) is 4.79. The zero-order valence-corrected chi connectivity index (χ0v) is 13.9. The van der Waals surface area contributed by atoms with E-state index >= 15 is 0 Å². The van der Waals surface area contributed by atoms with E-state index in [0.29, 0.717) is 10.0 Å². The number of benzene rings is 1. The fraction of sp³-hybridized carbons (Fsp3) is 0.400. The third-order valence-electron chi connectivity index (χ3n) is 3.00. The van der Waals surface area contributed by atoms with Gasteiger partial charge in [0.05, 0.1) is 13.0 Å². The highest BCUT2D eigenvalue weighted by atomic mass is 79.9. The molecule has 1 aromatic carbocycles. The van der Waals surface area contributed by atoms with Crippen LogP contribution in [-0.4, -0.2) is 35.6 Å². The summed E-state index contributed by atoms with van der Waals surface area (Å²) in [5.41, 5.74) is 0.337. The molecule has 0 spiro atoms. The Morgan fingerprint density at radius 2 is 2.05 bits per heavy atom. The maximum atomic E-state index is 12.1. The van der Waals surface area contributed by atoms with Crippen molar-refractivity contribution < 1.29 is 24.2 Å². The van der Waals surface area contributed by atoms with Crippen molar-refractivity contribution in [3.05, 3.63) is 34.3 Å². The smallest absolute Gasteiger partial charge is 0.326 e. The lowest BCUT2D eigenvalue weighted by Crippen LogP contribution is -2.45. The van der Waals surface area contributed by atoms with E-state index in [0.717, 1.165) is 0 Å². The van der Waals surface area contributed by atoms with E-state index in [1.807, 2.05) is 0 Å². The normalized spacial score (nSPS) is 13.0. The van der Waals surface area contributed by atoms with Crippen LogP contribution < -0.4 is 5.32 Å². The number of halogens is 1. The molecule has 0 unspecified atom stereocenters. The largest absolute Gasteiger partial charge is 0.480 e. The zero-order valence-electron chi connectivity index (χ0n) is 12.3. The van der Waals surface area contributed by atoms with Crippen molar-refractivity contribution in [1.29, 1.82) is 0 Å². The van der Waals surface area contributed by atoms with Crippen LogP contribution in [0.15, 0.2) is 28.7 Å². The number of aliphatic carboxylic acids is 1. The number of rotatable bonds is 7. The minimum atomic E-state index is -1.19. The van der Waals surface area contributed by atoms with Crippen LogP contribution in [0.2, 0.25) is 0 Å². The topological polar surface area (TPSA) is 92.7 Å². The number of hydrogen-bond donors (Lipinski definition) is 2. The second-order valence-corrected chi connectivity index (χ2v) is 5.70. The Morgan fingerprint density at radius 1 is 1.36 bits per heavy atom. The van der Waals surface area contributed by atoms with Gasteiger partial charge in [0.15, 0.2) is 0 Å². The van der Waals surface area contributed by atoms with Gasteiger partial charge in [-0.25, -0.2) is 4.79 Å². The summed E-state index contributed by atoms with van der Waals surface area (Å²) in [4.78, 5) is 34.9. The fourth-order valence-corrected chi connectivity index (χ4v) is 2.30. The Bertz CT molecular complexity index is 561. The first kappa shape index (κ1) is 18.2. The van der Waals surface area contributed by atoms with Crippen LogP contribution in [0.1, 0.15) is 30.6 Å². The third kappa shape index (κ3) is 5.48. The molecule has 7 heteroatoms. The van der Waals surface area contributed by atoms with Crippen molar-refractivity contribution >= 4 is 33.8 Å². The minimum Gasteiger partial charge on any atom is -0.480 e. The number of carbonyl (C=O) groups excluding carboxylic acids is 2. The lowest BCUT2D eigenvalue weighted by atomic mass is 9.98. The Morgan fingerprint density at radius 3 is 2.59 bits per heavy atom. The average Bonchev–Trinajstić information content (AvgIpc) is 2.44. The number of carboxylic acid groups (broad SMARTS) is 1. The van der Waals surface area contributed by atoms with Crippen LogP contribution in [0.3, 0.4) is 0 Å². The molecule has 1 rings (SSSR count). The summed E-state index contributed by atoms with van der Waals surface area (Å²) in [6.45, 7) is 3.48. The van der Waals surface area contributed by atoms with Crippen LogP contribution >= 0.6 is 15.9 Å². The second kappa shape index (κ2) is 8.53. The van der Waals surface area contributed by atoms with Gasteiger partial charge in [-0.15, -0.1) is 0 Å². The van der Waals surface area contributed by atoms with Gasteiger partial charge in [-0.2, -0.15) is 0 Å². The molecule has 1 amide bonds. The number of esters is 1. The van der Waals surface area contributed by atoms with Gasteiger partial charge in [-0.3, -0.25) is 9.59 Å². The molecule has 0 aliphatic rings. The van der Waals surface area contributed by atoms with Crippen molar-refractivity contribution in [2.45, 2.75) is 26.3 Å². The van der Waals surface area contributed by atoms with Crippen LogP contribution in [0.5, 0.6) is 0 Å². The van der Waals surface area contributed by atoms with Crippen LogP contribution in [0, 0.1) is 5.92 Å². The highest BCUT2D eigenvalue weighted by molar-refractivity contribution is 9.10. The van der Waals surface area contributed by atoms with Gasteiger partial charge in [-0.05, 0) is 31.0 Å². The molecule has 0 aromatic heterocycles. The highest BCUT2D eigenvalue weighted by Crippen LogP contribution is 2.14. The number of carboxylic acids is 1. The van der Waals surface area contributed by atoms with Crippen LogP contribution in [0.25, 0.3) is 0 Å². The molecule has 2 atom stereocenters. The average molecular weight is 372 g/mol. The first-order valence-electron chi connectivity index (χ1n) is 6.80. The van der Waals surface area contributed by atoms with E-state index < -0.39 is 29.8 Å². The van der Waals surface area contributed by atoms with Crippen molar-refractivity contribution in [2.24, 2.45) is 5.92 Å². The van der Waals surface area contributed by atoms with Gasteiger partial charge in [0.25, 0.3) is 5.91 Å². The maximum Gasteiger partial charge on any atom is 0.326 e. The molecule has 2 N–H and O–H groups in total. The zero-order chi connectivity index (χ0) is 16.7. The predicted molar refractivity (Wildman–Crippen MR) is 83.4 cm³/mol. The quantitative estimate of drug-likeness (QED) is 0.716. The van der Waals surface area contributed by atoms with Crippen LogP contribution in [0.4, 0.5) is 0 Å². The maximum absolute atomic E-state index is 12.1. The summed E-state index contributed by atoms with van der Waals surface area (Å²) >= 11 is 3.25. The van der Waals surface area contributed by atoms with Gasteiger partial charge in [0.1, 0.15) is 6.04 Å². The van der Waals surface area contributed by atoms with E-state index in [4.69, 9.17) is 4.74 Å². The molecule has 0 aliphatic carbocycles. The first-order chi connectivity index (χ1) is 10.3. The molecule has 0 saturated heterocycles. The predicted octanol–water partition coefficient (Wildman–Crippen LogP) is 2.22. The summed E-state index contributed by atoms with van der Waals surface area (Å²) in [6, 6.07) is 5.43. The minimum absolute atomic E-state index is 0.0798. The number of hydrogen-bond acceptors (Lipinski definition) is 4. The SMILES string of the molecule is CCOC(=O)C[C@H](C)[C@@H](NC(=O)c1cccc(Br)c1)C(=O)O. The van der Waals surface area contributed by atoms with E-state index in [-0.39, 0.29) is 13.0 Å². The first-order valence-corrected chi connectivity index (χ1v) is 7.59. The Kier molecular flexibility index (Phi) is 7.04. The molecule has 22 heavy (non-hydrogen) atoms. The monoisotopic (exact) mass is 371 g/mol. The summed E-state index contributed by atoms with van der Waals surface area (Å²) in [5, 5.41) is 11.7. The molecule has 0 saturated carbocycles. The van der Waals surface area contributed by atoms with Gasteiger partial charge < -0.3 is 15.2 Å². The summed E-state index contributed by atoms with van der Waals surface area (Å²) in [6.07, 6.45) is -0.0798. The fourth-order valence-electron chi connectivity index (χ4n) is 1.90. The Balaban J connectivity index is 2.77. The summed E-state index contributed by atoms with van der Waals surface area (Å²) in [5.74, 6) is -2.78. The van der Waals surface area contributed by atoms with E-state index in [1.165, 1.54) is 0 Å². The molecular formula is C15H18BrNO5. The van der Waals surface area contributed by atoms with Gasteiger partial charge in [0.2, 0.25) is 0 Å². The number of nitrogens with one attached hydrogen (secondary N) is 1. The van der Waals surface area contributed by atoms with E-state index in [9.17, 15) is 19.5 Å². The number of ether oxygens (including phenoxy) is 1. The molecule has 6 nitrogen and oxygen atoms in total. The Hall–Kier alpha value is -1.89. The third-order valence-corrected chi connectivity index (χ3v) is 3.50. The molecule has 1 aromatic rings. The lowest BCUT2D eigenvalue weighted by Gasteiger charge is -2.20. The molecule has 0 bridgehead atoms. The van der Waals surface area contributed by atoms with Gasteiger partial charge in [-0.1, -0.05) is 28.9 Å². The van der Waals surface area contributed by atoms with Crippen molar-refractivity contribution in [3.63, 3.8) is 0 Å². The van der Waals surface area contributed by atoms with E-state index in [1.54, 1.807) is 38.1 Å². The van der Waals surface area contributed by atoms with E-state index in [2.05, 4.69) is 21.2 Å². The summed E-state index contributed by atoms with van der Waals surface area (Å²) < 4.78 is 5.51. The number of carbonyl (C=O) groups is 3. The number of amides is 1. The van der Waals surface area contributed by atoms with Gasteiger partial charge in [0, 0.05) is 10.0 Å².